The van der Waals surface area contributed by atoms with Gasteiger partial charge in [0.1, 0.15) is 0 Å². The van der Waals surface area contributed by atoms with Crippen LogP contribution in [0, 0.1) is 6.92 Å². The summed E-state index contributed by atoms with van der Waals surface area (Å²) in [6.07, 6.45) is 2.70. The van der Waals surface area contributed by atoms with Gasteiger partial charge >= 0.3 is 0 Å². The molecule has 2 atom stereocenters. The molecule has 2 nitrogen and oxygen atoms in total. The summed E-state index contributed by atoms with van der Waals surface area (Å²) in [5.41, 5.74) is 0. The zero-order valence-corrected chi connectivity index (χ0v) is 11.3. The summed E-state index contributed by atoms with van der Waals surface area (Å²) in [5.74, 6) is 0. The molecule has 0 aliphatic carbocycles. The summed E-state index contributed by atoms with van der Waals surface area (Å²) in [6, 6.07) is 5.69. The average Bonchev–Trinajstić information content (AvgIpc) is 2.84. The number of thiophene rings is 1. The molecule has 16 heavy (non-hydrogen) atoms. The Hall–Kier alpha value is -0.380. The molecule has 1 aromatic heterocycles. The van der Waals surface area contributed by atoms with Crippen molar-refractivity contribution in [3.63, 3.8) is 0 Å². The molecule has 0 radical (unpaired) electrons. The topological polar surface area (TPSA) is 15.3 Å². The maximum atomic E-state index is 3.65. The normalized spacial score (nSPS) is 23.8. The zero-order chi connectivity index (χ0) is 11.5. The average molecular weight is 238 g/mol. The Kier molecular flexibility index (Phi) is 4.00. The second-order valence-corrected chi connectivity index (χ2v) is 6.17. The van der Waals surface area contributed by atoms with E-state index < -0.39 is 0 Å². The van der Waals surface area contributed by atoms with Gasteiger partial charge in [-0.1, -0.05) is 0 Å². The van der Waals surface area contributed by atoms with Crippen LogP contribution < -0.4 is 5.32 Å². The van der Waals surface area contributed by atoms with Gasteiger partial charge in [-0.25, -0.2) is 0 Å². The van der Waals surface area contributed by atoms with Gasteiger partial charge < -0.3 is 10.2 Å². The number of hydrogen-bond donors (Lipinski definition) is 1. The Morgan fingerprint density at radius 1 is 1.56 bits per heavy atom. The fourth-order valence-corrected chi connectivity index (χ4v) is 3.24. The maximum absolute atomic E-state index is 3.65. The molecule has 1 N–H and O–H groups in total. The van der Waals surface area contributed by atoms with Gasteiger partial charge in [0.05, 0.1) is 0 Å². The van der Waals surface area contributed by atoms with Crippen molar-refractivity contribution < 1.29 is 0 Å². The number of aryl methyl sites for hydroxylation is 1. The number of nitrogens with zero attached hydrogens (tertiary/aromatic N) is 1. The molecule has 1 aliphatic rings. The van der Waals surface area contributed by atoms with Crippen molar-refractivity contribution in [2.45, 2.75) is 38.8 Å². The van der Waals surface area contributed by atoms with Gasteiger partial charge in [0.2, 0.25) is 0 Å². The van der Waals surface area contributed by atoms with Crippen LogP contribution in [0.3, 0.4) is 0 Å². The minimum atomic E-state index is 0.493. The first kappa shape index (κ1) is 12.1. The quantitative estimate of drug-likeness (QED) is 0.868. The van der Waals surface area contributed by atoms with Gasteiger partial charge in [0.25, 0.3) is 0 Å². The lowest BCUT2D eigenvalue weighted by molar-refractivity contribution is 0.294. The molecular formula is C13H22N2S. The molecule has 0 spiro atoms. The van der Waals surface area contributed by atoms with Crippen molar-refractivity contribution in [2.75, 3.05) is 20.1 Å². The SMILES string of the molecule is Cc1ccc(C(C)NCC2CCCN2C)s1. The molecule has 2 rings (SSSR count). The van der Waals surface area contributed by atoms with Crippen molar-refractivity contribution in [3.05, 3.63) is 21.9 Å². The van der Waals surface area contributed by atoms with E-state index in [4.69, 9.17) is 0 Å². The largest absolute Gasteiger partial charge is 0.308 e. The molecule has 3 heteroatoms. The van der Waals surface area contributed by atoms with Gasteiger partial charge in [0.15, 0.2) is 0 Å². The van der Waals surface area contributed by atoms with Crippen LogP contribution in [-0.2, 0) is 0 Å². The van der Waals surface area contributed by atoms with E-state index in [1.807, 2.05) is 11.3 Å². The number of likely N-dealkylation sites (tertiary alicyclic amines) is 1. The van der Waals surface area contributed by atoms with Gasteiger partial charge in [-0.3, -0.25) is 0 Å². The summed E-state index contributed by atoms with van der Waals surface area (Å²) >= 11 is 1.90. The fourth-order valence-electron chi connectivity index (χ4n) is 2.34. The monoisotopic (exact) mass is 238 g/mol. The number of hydrogen-bond acceptors (Lipinski definition) is 3. The van der Waals surface area contributed by atoms with Crippen LogP contribution >= 0.6 is 11.3 Å². The lowest BCUT2D eigenvalue weighted by Crippen LogP contribution is -2.36. The first-order chi connectivity index (χ1) is 7.66. The van der Waals surface area contributed by atoms with Crippen molar-refractivity contribution in [3.8, 4) is 0 Å². The van der Waals surface area contributed by atoms with Crippen LogP contribution in [0.2, 0.25) is 0 Å². The Labute approximate surface area is 103 Å². The van der Waals surface area contributed by atoms with E-state index in [0.717, 1.165) is 12.6 Å². The van der Waals surface area contributed by atoms with E-state index >= 15 is 0 Å². The summed E-state index contributed by atoms with van der Waals surface area (Å²) in [4.78, 5) is 5.33. The summed E-state index contributed by atoms with van der Waals surface area (Å²) < 4.78 is 0. The number of nitrogens with one attached hydrogen (secondary N) is 1. The third-order valence-corrected chi connectivity index (χ3v) is 4.70. The lowest BCUT2D eigenvalue weighted by atomic mass is 10.2. The van der Waals surface area contributed by atoms with Crippen molar-refractivity contribution in [1.29, 1.82) is 0 Å². The first-order valence-electron chi connectivity index (χ1n) is 6.17. The molecule has 1 saturated heterocycles. The molecule has 1 fully saturated rings. The standard InChI is InChI=1S/C13H22N2S/c1-10-6-7-13(16-10)11(2)14-9-12-5-4-8-15(12)3/h6-7,11-12,14H,4-5,8-9H2,1-3H3. The highest BCUT2D eigenvalue weighted by Gasteiger charge is 2.21. The molecule has 0 amide bonds. The Bertz CT molecular complexity index is 334. The van der Waals surface area contributed by atoms with E-state index in [-0.39, 0.29) is 0 Å². The smallest absolute Gasteiger partial charge is 0.0386 e. The van der Waals surface area contributed by atoms with Gasteiger partial charge in [-0.15, -0.1) is 11.3 Å². The van der Waals surface area contributed by atoms with E-state index in [0.29, 0.717) is 6.04 Å². The van der Waals surface area contributed by atoms with Crippen LogP contribution in [0.4, 0.5) is 0 Å². The fraction of sp³-hybridized carbons (Fsp3) is 0.692. The van der Waals surface area contributed by atoms with Crippen molar-refractivity contribution >= 4 is 11.3 Å². The number of likely N-dealkylation sites (N-methyl/N-ethyl adjacent to an activating group) is 1. The molecule has 0 aromatic carbocycles. The van der Waals surface area contributed by atoms with Crippen LogP contribution in [-0.4, -0.2) is 31.1 Å². The highest BCUT2D eigenvalue weighted by molar-refractivity contribution is 7.12. The minimum absolute atomic E-state index is 0.493. The summed E-state index contributed by atoms with van der Waals surface area (Å²) in [5, 5.41) is 3.65. The molecule has 0 bridgehead atoms. The van der Waals surface area contributed by atoms with Gasteiger partial charge in [-0.05, 0) is 52.4 Å². The highest BCUT2D eigenvalue weighted by atomic mass is 32.1. The third kappa shape index (κ3) is 2.84. The molecular weight excluding hydrogens is 216 g/mol. The molecule has 1 aliphatic heterocycles. The summed E-state index contributed by atoms with van der Waals surface area (Å²) in [6.45, 7) is 6.82. The second kappa shape index (κ2) is 5.30. The van der Waals surface area contributed by atoms with E-state index in [2.05, 4.69) is 43.2 Å². The Morgan fingerprint density at radius 3 is 2.94 bits per heavy atom. The van der Waals surface area contributed by atoms with Crippen molar-refractivity contribution in [1.82, 2.24) is 10.2 Å². The van der Waals surface area contributed by atoms with Crippen LogP contribution in [0.15, 0.2) is 12.1 Å². The molecule has 2 heterocycles. The van der Waals surface area contributed by atoms with E-state index in [1.54, 1.807) is 0 Å². The highest BCUT2D eigenvalue weighted by Crippen LogP contribution is 2.23. The predicted molar refractivity (Wildman–Crippen MR) is 71.1 cm³/mol. The first-order valence-corrected chi connectivity index (χ1v) is 6.98. The van der Waals surface area contributed by atoms with Crippen LogP contribution in [0.5, 0.6) is 0 Å². The van der Waals surface area contributed by atoms with E-state index in [9.17, 15) is 0 Å². The Morgan fingerprint density at radius 2 is 2.38 bits per heavy atom. The third-order valence-electron chi connectivity index (χ3n) is 3.52. The Balaban J connectivity index is 1.81. The zero-order valence-electron chi connectivity index (χ0n) is 10.5. The number of rotatable bonds is 4. The molecule has 90 valence electrons. The molecule has 1 aromatic rings. The van der Waals surface area contributed by atoms with Crippen LogP contribution in [0.25, 0.3) is 0 Å². The lowest BCUT2D eigenvalue weighted by Gasteiger charge is -2.22. The molecule has 2 unspecified atom stereocenters. The molecule has 0 saturated carbocycles. The van der Waals surface area contributed by atoms with Crippen LogP contribution in [0.1, 0.15) is 35.6 Å². The van der Waals surface area contributed by atoms with E-state index in [1.165, 1.54) is 29.1 Å². The van der Waals surface area contributed by atoms with Crippen molar-refractivity contribution in [2.24, 2.45) is 0 Å². The maximum Gasteiger partial charge on any atom is 0.0386 e. The summed E-state index contributed by atoms with van der Waals surface area (Å²) in [7, 11) is 2.24. The predicted octanol–water partition coefficient (Wildman–Crippen LogP) is 2.80. The van der Waals surface area contributed by atoms with Gasteiger partial charge in [0, 0.05) is 28.4 Å². The van der Waals surface area contributed by atoms with Gasteiger partial charge in [-0.2, -0.15) is 0 Å². The minimum Gasteiger partial charge on any atom is -0.308 e. The second-order valence-electron chi connectivity index (χ2n) is 4.86.